The van der Waals surface area contributed by atoms with Crippen LogP contribution in [-0.4, -0.2) is 15.9 Å². The van der Waals surface area contributed by atoms with Crippen molar-refractivity contribution in [3.63, 3.8) is 0 Å². The number of nitro groups is 1. The molecule has 0 bridgehead atoms. The second kappa shape index (κ2) is 5.29. The summed E-state index contributed by atoms with van der Waals surface area (Å²) in [5.41, 5.74) is 5.45. The van der Waals surface area contributed by atoms with Crippen molar-refractivity contribution in [1.29, 1.82) is 0 Å². The van der Waals surface area contributed by atoms with Gasteiger partial charge in [0.05, 0.1) is 17.1 Å². The summed E-state index contributed by atoms with van der Waals surface area (Å²) in [5.74, 6) is 0.605. The van der Waals surface area contributed by atoms with Crippen LogP contribution in [0.3, 0.4) is 0 Å². The van der Waals surface area contributed by atoms with Gasteiger partial charge in [-0.2, -0.15) is 0 Å². The average Bonchev–Trinajstić information content (AvgIpc) is 2.16. The number of anilines is 2. The summed E-state index contributed by atoms with van der Waals surface area (Å²) in [6.45, 7) is 4.08. The van der Waals surface area contributed by atoms with E-state index in [1.165, 1.54) is 12.1 Å². The Balaban J connectivity index is 2.84. The van der Waals surface area contributed by atoms with E-state index in [9.17, 15) is 10.1 Å². The highest BCUT2D eigenvalue weighted by atomic mass is 16.6. The van der Waals surface area contributed by atoms with Gasteiger partial charge in [0.25, 0.3) is 5.69 Å². The SMILES string of the molecule is CCCC(C)Nc1cc([N+](=O)[O-])cc(N)n1. The number of nitrogens with two attached hydrogens (primary N) is 1. The maximum absolute atomic E-state index is 10.6. The first-order chi connectivity index (χ1) is 7.52. The van der Waals surface area contributed by atoms with Crippen molar-refractivity contribution in [2.45, 2.75) is 32.7 Å². The third kappa shape index (κ3) is 3.38. The van der Waals surface area contributed by atoms with Crippen LogP contribution in [-0.2, 0) is 0 Å². The molecule has 0 spiro atoms. The van der Waals surface area contributed by atoms with Crippen LogP contribution in [0.25, 0.3) is 0 Å². The van der Waals surface area contributed by atoms with E-state index < -0.39 is 4.92 Å². The molecule has 1 unspecified atom stereocenters. The highest BCUT2D eigenvalue weighted by molar-refractivity contribution is 5.52. The highest BCUT2D eigenvalue weighted by Gasteiger charge is 2.10. The number of pyridine rings is 1. The molecule has 1 rings (SSSR count). The molecule has 0 saturated carbocycles. The third-order valence-corrected chi connectivity index (χ3v) is 2.16. The van der Waals surface area contributed by atoms with Gasteiger partial charge in [-0.1, -0.05) is 13.3 Å². The van der Waals surface area contributed by atoms with E-state index in [1.807, 2.05) is 6.92 Å². The molecule has 0 amide bonds. The maximum atomic E-state index is 10.6. The van der Waals surface area contributed by atoms with Gasteiger partial charge in [0.15, 0.2) is 0 Å². The standard InChI is InChI=1S/C10H16N4O2/c1-3-4-7(2)12-10-6-8(14(15)16)5-9(11)13-10/h5-7H,3-4H2,1-2H3,(H3,11,12,13). The van der Waals surface area contributed by atoms with E-state index in [1.54, 1.807) is 0 Å². The van der Waals surface area contributed by atoms with Crippen LogP contribution in [0.5, 0.6) is 0 Å². The third-order valence-electron chi connectivity index (χ3n) is 2.16. The predicted octanol–water partition coefficient (Wildman–Crippen LogP) is 2.17. The van der Waals surface area contributed by atoms with Crippen molar-refractivity contribution in [2.75, 3.05) is 11.1 Å². The molecule has 0 fully saturated rings. The Hall–Kier alpha value is -1.85. The zero-order chi connectivity index (χ0) is 12.1. The monoisotopic (exact) mass is 224 g/mol. The molecule has 88 valence electrons. The van der Waals surface area contributed by atoms with E-state index in [0.717, 1.165) is 12.8 Å². The molecule has 0 aliphatic carbocycles. The van der Waals surface area contributed by atoms with Crippen LogP contribution in [0, 0.1) is 10.1 Å². The Kier molecular flexibility index (Phi) is 4.04. The fraction of sp³-hybridized carbons (Fsp3) is 0.500. The van der Waals surface area contributed by atoms with E-state index in [4.69, 9.17) is 5.73 Å². The van der Waals surface area contributed by atoms with E-state index in [0.29, 0.717) is 5.82 Å². The van der Waals surface area contributed by atoms with Gasteiger partial charge < -0.3 is 11.1 Å². The number of rotatable bonds is 5. The first-order valence-corrected chi connectivity index (χ1v) is 5.21. The summed E-state index contributed by atoms with van der Waals surface area (Å²) in [5, 5.41) is 13.7. The van der Waals surface area contributed by atoms with E-state index in [-0.39, 0.29) is 17.5 Å². The Labute approximate surface area is 94.0 Å². The molecule has 1 atom stereocenters. The lowest BCUT2D eigenvalue weighted by Crippen LogP contribution is -2.16. The molecular weight excluding hydrogens is 208 g/mol. The van der Waals surface area contributed by atoms with Gasteiger partial charge in [-0.25, -0.2) is 4.98 Å². The number of nitrogen functional groups attached to an aromatic ring is 1. The van der Waals surface area contributed by atoms with E-state index >= 15 is 0 Å². The molecule has 6 nitrogen and oxygen atoms in total. The number of nitrogens with one attached hydrogen (secondary N) is 1. The van der Waals surface area contributed by atoms with E-state index in [2.05, 4.69) is 17.2 Å². The maximum Gasteiger partial charge on any atom is 0.276 e. The summed E-state index contributed by atoms with van der Waals surface area (Å²) in [4.78, 5) is 14.1. The smallest absolute Gasteiger partial charge is 0.276 e. The first-order valence-electron chi connectivity index (χ1n) is 5.21. The van der Waals surface area contributed by atoms with Crippen LogP contribution < -0.4 is 11.1 Å². The number of hydrogen-bond donors (Lipinski definition) is 2. The first kappa shape index (κ1) is 12.2. The topological polar surface area (TPSA) is 94.1 Å². The minimum atomic E-state index is -0.478. The van der Waals surface area contributed by atoms with Crippen LogP contribution >= 0.6 is 0 Å². The summed E-state index contributed by atoms with van der Waals surface area (Å²) in [7, 11) is 0. The van der Waals surface area contributed by atoms with Crippen molar-refractivity contribution >= 4 is 17.3 Å². The average molecular weight is 224 g/mol. The Bertz CT molecular complexity index is 381. The normalized spacial score (nSPS) is 12.1. The summed E-state index contributed by atoms with van der Waals surface area (Å²) in [6.07, 6.45) is 2.02. The molecule has 0 aliphatic rings. The summed E-state index contributed by atoms with van der Waals surface area (Å²) in [6, 6.07) is 2.86. The predicted molar refractivity (Wildman–Crippen MR) is 63.3 cm³/mol. The zero-order valence-corrected chi connectivity index (χ0v) is 9.43. The molecule has 0 radical (unpaired) electrons. The molecule has 0 saturated heterocycles. The molecule has 1 heterocycles. The van der Waals surface area contributed by atoms with Crippen LogP contribution in [0.2, 0.25) is 0 Å². The van der Waals surface area contributed by atoms with Gasteiger partial charge in [-0.05, 0) is 13.3 Å². The van der Waals surface area contributed by atoms with Crippen molar-refractivity contribution in [2.24, 2.45) is 0 Å². The number of aromatic nitrogens is 1. The minimum Gasteiger partial charge on any atom is -0.383 e. The molecule has 1 aromatic rings. The lowest BCUT2D eigenvalue weighted by molar-refractivity contribution is -0.384. The Morgan fingerprint density at radius 2 is 2.31 bits per heavy atom. The highest BCUT2D eigenvalue weighted by Crippen LogP contribution is 2.19. The second-order valence-corrected chi connectivity index (χ2v) is 3.73. The molecule has 1 aromatic heterocycles. The molecule has 0 aromatic carbocycles. The fourth-order valence-electron chi connectivity index (χ4n) is 1.47. The van der Waals surface area contributed by atoms with Gasteiger partial charge in [0, 0.05) is 6.04 Å². The fourth-order valence-corrected chi connectivity index (χ4v) is 1.47. The summed E-state index contributed by atoms with van der Waals surface area (Å²) >= 11 is 0. The van der Waals surface area contributed by atoms with Crippen molar-refractivity contribution in [3.8, 4) is 0 Å². The molecule has 6 heteroatoms. The van der Waals surface area contributed by atoms with Gasteiger partial charge in [-0.15, -0.1) is 0 Å². The molecule has 0 aliphatic heterocycles. The lowest BCUT2D eigenvalue weighted by Gasteiger charge is -2.13. The quantitative estimate of drug-likeness (QED) is 0.590. The minimum absolute atomic E-state index is 0.0429. The van der Waals surface area contributed by atoms with Crippen molar-refractivity contribution in [3.05, 3.63) is 22.2 Å². The van der Waals surface area contributed by atoms with Crippen molar-refractivity contribution < 1.29 is 4.92 Å². The summed E-state index contributed by atoms with van der Waals surface area (Å²) < 4.78 is 0. The lowest BCUT2D eigenvalue weighted by atomic mass is 10.2. The molecule has 16 heavy (non-hydrogen) atoms. The Morgan fingerprint density at radius 3 is 2.88 bits per heavy atom. The van der Waals surface area contributed by atoms with Gasteiger partial charge >= 0.3 is 0 Å². The number of hydrogen-bond acceptors (Lipinski definition) is 5. The second-order valence-electron chi connectivity index (χ2n) is 3.73. The van der Waals surface area contributed by atoms with Crippen LogP contribution in [0.4, 0.5) is 17.3 Å². The van der Waals surface area contributed by atoms with Crippen molar-refractivity contribution in [1.82, 2.24) is 4.98 Å². The Morgan fingerprint density at radius 1 is 1.62 bits per heavy atom. The largest absolute Gasteiger partial charge is 0.383 e. The zero-order valence-electron chi connectivity index (χ0n) is 9.43. The van der Waals surface area contributed by atoms with Crippen LogP contribution in [0.1, 0.15) is 26.7 Å². The van der Waals surface area contributed by atoms with Gasteiger partial charge in [0.2, 0.25) is 0 Å². The molecule has 3 N–H and O–H groups in total. The van der Waals surface area contributed by atoms with Crippen LogP contribution in [0.15, 0.2) is 12.1 Å². The molecular formula is C10H16N4O2. The van der Waals surface area contributed by atoms with Gasteiger partial charge in [-0.3, -0.25) is 10.1 Å². The number of nitrogens with zero attached hydrogens (tertiary/aromatic N) is 2. The van der Waals surface area contributed by atoms with Gasteiger partial charge in [0.1, 0.15) is 11.6 Å².